The standard InChI is InChI=1S/C18H30O3/c1-2-3-4-5-9-12-16(19)18(21)17(20)14-13-15-10-7-6-8-11-15/h6-8,10-11,16-21H,2-5,9,12-14H2,1H3. The van der Waals surface area contributed by atoms with E-state index in [1.807, 2.05) is 30.3 Å². The number of aliphatic hydroxyl groups is 3. The summed E-state index contributed by atoms with van der Waals surface area (Å²) in [7, 11) is 0. The van der Waals surface area contributed by atoms with Crippen molar-refractivity contribution in [3.8, 4) is 0 Å². The van der Waals surface area contributed by atoms with Gasteiger partial charge in [-0.15, -0.1) is 0 Å². The zero-order valence-corrected chi connectivity index (χ0v) is 13.1. The molecule has 3 N–H and O–H groups in total. The van der Waals surface area contributed by atoms with E-state index in [1.54, 1.807) is 0 Å². The summed E-state index contributed by atoms with van der Waals surface area (Å²) in [5.74, 6) is 0. The molecule has 21 heavy (non-hydrogen) atoms. The highest BCUT2D eigenvalue weighted by molar-refractivity contribution is 5.14. The Balaban J connectivity index is 2.21. The molecule has 0 bridgehead atoms. The molecule has 120 valence electrons. The SMILES string of the molecule is CCCCCCCC(O)C(O)C(O)CCc1ccccc1. The van der Waals surface area contributed by atoms with Gasteiger partial charge in [0, 0.05) is 0 Å². The highest BCUT2D eigenvalue weighted by Crippen LogP contribution is 2.14. The van der Waals surface area contributed by atoms with Crippen LogP contribution in [0.1, 0.15) is 57.4 Å². The minimum atomic E-state index is -1.04. The van der Waals surface area contributed by atoms with E-state index in [0.717, 1.165) is 18.4 Å². The Kier molecular flexibility index (Phi) is 9.31. The van der Waals surface area contributed by atoms with Gasteiger partial charge in [-0.25, -0.2) is 0 Å². The van der Waals surface area contributed by atoms with E-state index in [0.29, 0.717) is 19.3 Å². The number of aryl methyl sites for hydroxylation is 1. The molecular formula is C18H30O3. The Morgan fingerprint density at radius 1 is 0.810 bits per heavy atom. The van der Waals surface area contributed by atoms with Crippen molar-refractivity contribution in [3.63, 3.8) is 0 Å². The summed E-state index contributed by atoms with van der Waals surface area (Å²) in [4.78, 5) is 0. The fourth-order valence-corrected chi connectivity index (χ4v) is 2.51. The number of rotatable bonds is 11. The second-order valence-corrected chi connectivity index (χ2v) is 5.85. The first-order chi connectivity index (χ1) is 10.1. The smallest absolute Gasteiger partial charge is 0.106 e. The fourth-order valence-electron chi connectivity index (χ4n) is 2.51. The van der Waals surface area contributed by atoms with Crippen LogP contribution in [-0.2, 0) is 6.42 Å². The molecule has 0 aromatic heterocycles. The lowest BCUT2D eigenvalue weighted by Gasteiger charge is -2.23. The summed E-state index contributed by atoms with van der Waals surface area (Å²) in [6.07, 6.45) is 4.60. The Labute approximate surface area is 128 Å². The molecule has 0 aliphatic heterocycles. The second-order valence-electron chi connectivity index (χ2n) is 5.85. The predicted octanol–water partition coefficient (Wildman–Crippen LogP) is 3.06. The molecule has 1 aromatic rings. The normalized spacial score (nSPS) is 15.6. The van der Waals surface area contributed by atoms with Crippen LogP contribution in [0.5, 0.6) is 0 Å². The maximum Gasteiger partial charge on any atom is 0.106 e. The number of hydrogen-bond acceptors (Lipinski definition) is 3. The monoisotopic (exact) mass is 294 g/mol. The summed E-state index contributed by atoms with van der Waals surface area (Å²) in [6.45, 7) is 2.17. The van der Waals surface area contributed by atoms with Crippen LogP contribution in [0.25, 0.3) is 0 Å². The Bertz CT molecular complexity index is 353. The Morgan fingerprint density at radius 2 is 1.43 bits per heavy atom. The average Bonchev–Trinajstić information content (AvgIpc) is 2.52. The van der Waals surface area contributed by atoms with Gasteiger partial charge in [0.15, 0.2) is 0 Å². The van der Waals surface area contributed by atoms with E-state index in [9.17, 15) is 15.3 Å². The quantitative estimate of drug-likeness (QED) is 0.550. The summed E-state index contributed by atoms with van der Waals surface area (Å²) in [5.41, 5.74) is 1.14. The van der Waals surface area contributed by atoms with Crippen molar-refractivity contribution in [2.24, 2.45) is 0 Å². The van der Waals surface area contributed by atoms with Gasteiger partial charge in [-0.2, -0.15) is 0 Å². The molecule has 1 aromatic carbocycles. The van der Waals surface area contributed by atoms with E-state index >= 15 is 0 Å². The van der Waals surface area contributed by atoms with Crippen molar-refractivity contribution >= 4 is 0 Å². The van der Waals surface area contributed by atoms with E-state index in [1.165, 1.54) is 19.3 Å². The van der Waals surface area contributed by atoms with Crippen LogP contribution < -0.4 is 0 Å². The highest BCUT2D eigenvalue weighted by atomic mass is 16.4. The highest BCUT2D eigenvalue weighted by Gasteiger charge is 2.23. The van der Waals surface area contributed by atoms with Crippen LogP contribution >= 0.6 is 0 Å². The minimum absolute atomic E-state index is 0.470. The number of hydrogen-bond donors (Lipinski definition) is 3. The lowest BCUT2D eigenvalue weighted by atomic mass is 9.97. The zero-order chi connectivity index (χ0) is 15.5. The first-order valence-electron chi connectivity index (χ1n) is 8.23. The summed E-state index contributed by atoms with van der Waals surface area (Å²) in [5, 5.41) is 29.9. The first-order valence-corrected chi connectivity index (χ1v) is 8.23. The van der Waals surface area contributed by atoms with Gasteiger partial charge in [-0.3, -0.25) is 0 Å². The van der Waals surface area contributed by atoms with Crippen LogP contribution in [0.2, 0.25) is 0 Å². The van der Waals surface area contributed by atoms with Gasteiger partial charge in [0.2, 0.25) is 0 Å². The average molecular weight is 294 g/mol. The van der Waals surface area contributed by atoms with Gasteiger partial charge < -0.3 is 15.3 Å². The third-order valence-corrected chi connectivity index (χ3v) is 3.96. The van der Waals surface area contributed by atoms with Crippen LogP contribution in [0.3, 0.4) is 0 Å². The third-order valence-electron chi connectivity index (χ3n) is 3.96. The van der Waals surface area contributed by atoms with E-state index < -0.39 is 18.3 Å². The van der Waals surface area contributed by atoms with E-state index in [-0.39, 0.29) is 0 Å². The third kappa shape index (κ3) is 7.60. The molecule has 0 aliphatic carbocycles. The molecule has 3 unspecified atom stereocenters. The molecule has 0 saturated carbocycles. The van der Waals surface area contributed by atoms with Gasteiger partial charge in [0.25, 0.3) is 0 Å². The van der Waals surface area contributed by atoms with Crippen molar-refractivity contribution in [3.05, 3.63) is 35.9 Å². The molecule has 0 fully saturated rings. The molecule has 3 heteroatoms. The molecule has 0 heterocycles. The van der Waals surface area contributed by atoms with Gasteiger partial charge in [0.1, 0.15) is 6.10 Å². The van der Waals surface area contributed by atoms with Gasteiger partial charge in [0.05, 0.1) is 12.2 Å². The molecule has 0 aliphatic rings. The van der Waals surface area contributed by atoms with E-state index in [2.05, 4.69) is 6.92 Å². The van der Waals surface area contributed by atoms with Crippen molar-refractivity contribution < 1.29 is 15.3 Å². The zero-order valence-electron chi connectivity index (χ0n) is 13.1. The predicted molar refractivity (Wildman–Crippen MR) is 86.2 cm³/mol. The number of unbranched alkanes of at least 4 members (excludes halogenated alkanes) is 4. The van der Waals surface area contributed by atoms with Crippen molar-refractivity contribution in [1.29, 1.82) is 0 Å². The van der Waals surface area contributed by atoms with Crippen LogP contribution in [0, 0.1) is 0 Å². The maximum atomic E-state index is 9.98. The number of aliphatic hydroxyl groups excluding tert-OH is 3. The fraction of sp³-hybridized carbons (Fsp3) is 0.667. The summed E-state index contributed by atoms with van der Waals surface area (Å²) >= 11 is 0. The Hall–Kier alpha value is -0.900. The van der Waals surface area contributed by atoms with Gasteiger partial charge in [-0.05, 0) is 24.8 Å². The molecule has 3 nitrogen and oxygen atoms in total. The largest absolute Gasteiger partial charge is 0.390 e. The molecule has 0 saturated heterocycles. The topological polar surface area (TPSA) is 60.7 Å². The van der Waals surface area contributed by atoms with Crippen LogP contribution in [0.4, 0.5) is 0 Å². The summed E-state index contributed by atoms with van der Waals surface area (Å²) < 4.78 is 0. The van der Waals surface area contributed by atoms with Crippen molar-refractivity contribution in [2.45, 2.75) is 76.6 Å². The Morgan fingerprint density at radius 3 is 2.10 bits per heavy atom. The minimum Gasteiger partial charge on any atom is -0.390 e. The molecule has 0 amide bonds. The van der Waals surface area contributed by atoms with E-state index in [4.69, 9.17) is 0 Å². The molecule has 1 rings (SSSR count). The molecule has 3 atom stereocenters. The summed E-state index contributed by atoms with van der Waals surface area (Å²) in [6, 6.07) is 9.89. The van der Waals surface area contributed by atoms with Gasteiger partial charge >= 0.3 is 0 Å². The maximum absolute atomic E-state index is 9.98. The van der Waals surface area contributed by atoms with Crippen LogP contribution in [0.15, 0.2) is 30.3 Å². The second kappa shape index (κ2) is 10.8. The first kappa shape index (κ1) is 18.1. The lowest BCUT2D eigenvalue weighted by molar-refractivity contribution is -0.0644. The van der Waals surface area contributed by atoms with Crippen molar-refractivity contribution in [2.75, 3.05) is 0 Å². The molecular weight excluding hydrogens is 264 g/mol. The molecule has 0 radical (unpaired) electrons. The van der Waals surface area contributed by atoms with Crippen LogP contribution in [-0.4, -0.2) is 33.6 Å². The van der Waals surface area contributed by atoms with Crippen molar-refractivity contribution in [1.82, 2.24) is 0 Å². The molecule has 0 spiro atoms. The van der Waals surface area contributed by atoms with Gasteiger partial charge in [-0.1, -0.05) is 69.4 Å². The lowest BCUT2D eigenvalue weighted by Crippen LogP contribution is -2.37. The number of benzene rings is 1.